The van der Waals surface area contributed by atoms with Crippen molar-refractivity contribution in [3.05, 3.63) is 29.6 Å². The third-order valence-corrected chi connectivity index (χ3v) is 1.68. The molecule has 0 aliphatic carbocycles. The number of pyridine rings is 1. The summed E-state index contributed by atoms with van der Waals surface area (Å²) in [5, 5.41) is 0. The van der Waals surface area contributed by atoms with Gasteiger partial charge in [0.25, 0.3) is 5.92 Å². The topological polar surface area (TPSA) is 12.9 Å². The molecule has 0 radical (unpaired) electrons. The van der Waals surface area contributed by atoms with Gasteiger partial charge in [-0.15, -0.1) is 0 Å². The Bertz CT molecular complexity index is 248. The zero-order valence-corrected chi connectivity index (χ0v) is 7.14. The van der Waals surface area contributed by atoms with Crippen molar-refractivity contribution in [2.75, 3.05) is 0 Å². The van der Waals surface area contributed by atoms with Crippen LogP contribution < -0.4 is 0 Å². The van der Waals surface area contributed by atoms with Crippen molar-refractivity contribution in [3.63, 3.8) is 0 Å². The molecule has 1 aromatic rings. The molecule has 3 heteroatoms. The highest BCUT2D eigenvalue weighted by atomic mass is 19.3. The first-order chi connectivity index (χ1) is 5.54. The van der Waals surface area contributed by atoms with Gasteiger partial charge in [-0.3, -0.25) is 4.98 Å². The van der Waals surface area contributed by atoms with E-state index in [1.54, 1.807) is 6.07 Å². The number of halogens is 2. The number of aryl methyl sites for hydroxylation is 1. The lowest BCUT2D eigenvalue weighted by atomic mass is 10.2. The maximum atomic E-state index is 12.6. The SMILES string of the molecule is CCc1ccc(C(C)(F)F)nc1. The molecule has 66 valence electrons. The first kappa shape index (κ1) is 9.10. The van der Waals surface area contributed by atoms with Crippen LogP contribution >= 0.6 is 0 Å². The predicted octanol–water partition coefficient (Wildman–Crippen LogP) is 2.76. The van der Waals surface area contributed by atoms with Crippen LogP contribution in [0.1, 0.15) is 25.1 Å². The summed E-state index contributed by atoms with van der Waals surface area (Å²) in [5.41, 5.74) is 0.808. The van der Waals surface area contributed by atoms with E-state index < -0.39 is 5.92 Å². The normalized spacial score (nSPS) is 11.7. The van der Waals surface area contributed by atoms with Gasteiger partial charge < -0.3 is 0 Å². The average Bonchev–Trinajstić information content (AvgIpc) is 2.03. The molecule has 0 atom stereocenters. The van der Waals surface area contributed by atoms with E-state index in [-0.39, 0.29) is 5.69 Å². The molecule has 0 aliphatic rings. The Morgan fingerprint density at radius 1 is 1.42 bits per heavy atom. The molecule has 0 unspecified atom stereocenters. The summed E-state index contributed by atoms with van der Waals surface area (Å²) in [6.45, 7) is 2.81. The zero-order valence-electron chi connectivity index (χ0n) is 7.14. The number of hydrogen-bond acceptors (Lipinski definition) is 1. The predicted molar refractivity (Wildman–Crippen MR) is 43.2 cm³/mol. The monoisotopic (exact) mass is 171 g/mol. The second kappa shape index (κ2) is 3.17. The van der Waals surface area contributed by atoms with Crippen LogP contribution in [-0.4, -0.2) is 4.98 Å². The smallest absolute Gasteiger partial charge is 0.255 e. The minimum absolute atomic E-state index is 0.167. The molecule has 12 heavy (non-hydrogen) atoms. The fraction of sp³-hybridized carbons (Fsp3) is 0.444. The quantitative estimate of drug-likeness (QED) is 0.666. The van der Waals surface area contributed by atoms with E-state index in [1.165, 1.54) is 12.3 Å². The molecule has 1 aromatic heterocycles. The Kier molecular flexibility index (Phi) is 2.40. The van der Waals surface area contributed by atoms with Crippen molar-refractivity contribution >= 4 is 0 Å². The molecule has 0 aromatic carbocycles. The van der Waals surface area contributed by atoms with Gasteiger partial charge in [-0.1, -0.05) is 13.0 Å². The average molecular weight is 171 g/mol. The maximum absolute atomic E-state index is 12.6. The summed E-state index contributed by atoms with van der Waals surface area (Å²) in [6, 6.07) is 3.05. The molecule has 0 bridgehead atoms. The van der Waals surface area contributed by atoms with Crippen molar-refractivity contribution in [2.24, 2.45) is 0 Å². The van der Waals surface area contributed by atoms with E-state index in [0.29, 0.717) is 0 Å². The fourth-order valence-corrected chi connectivity index (χ4v) is 0.893. The Balaban J connectivity index is 2.93. The van der Waals surface area contributed by atoms with Crippen molar-refractivity contribution < 1.29 is 8.78 Å². The van der Waals surface area contributed by atoms with Gasteiger partial charge in [0, 0.05) is 13.1 Å². The van der Waals surface area contributed by atoms with Crippen LogP contribution in [-0.2, 0) is 12.3 Å². The number of hydrogen-bond donors (Lipinski definition) is 0. The van der Waals surface area contributed by atoms with Gasteiger partial charge in [0.15, 0.2) is 0 Å². The molecule has 1 heterocycles. The Hall–Kier alpha value is -0.990. The largest absolute Gasteiger partial charge is 0.286 e. The lowest BCUT2D eigenvalue weighted by molar-refractivity contribution is 0.0127. The van der Waals surface area contributed by atoms with Crippen LogP contribution in [0.2, 0.25) is 0 Å². The van der Waals surface area contributed by atoms with Gasteiger partial charge in [-0.2, -0.15) is 8.78 Å². The molecule has 1 nitrogen and oxygen atoms in total. The van der Waals surface area contributed by atoms with Crippen LogP contribution in [0.15, 0.2) is 18.3 Å². The van der Waals surface area contributed by atoms with Crippen LogP contribution in [0.25, 0.3) is 0 Å². The van der Waals surface area contributed by atoms with Crippen LogP contribution in [0.3, 0.4) is 0 Å². The number of alkyl halides is 2. The van der Waals surface area contributed by atoms with Crippen molar-refractivity contribution in [2.45, 2.75) is 26.2 Å². The Morgan fingerprint density at radius 2 is 2.08 bits per heavy atom. The molecule has 0 saturated heterocycles. The molecule has 0 aliphatic heterocycles. The van der Waals surface area contributed by atoms with Gasteiger partial charge in [0.2, 0.25) is 0 Å². The zero-order chi connectivity index (χ0) is 9.19. The molecule has 0 spiro atoms. The lowest BCUT2D eigenvalue weighted by Crippen LogP contribution is -2.09. The van der Waals surface area contributed by atoms with Gasteiger partial charge in [-0.05, 0) is 18.1 Å². The van der Waals surface area contributed by atoms with E-state index in [4.69, 9.17) is 0 Å². The minimum atomic E-state index is -2.83. The third kappa shape index (κ3) is 2.00. The number of aromatic nitrogens is 1. The minimum Gasteiger partial charge on any atom is -0.255 e. The number of nitrogens with zero attached hydrogens (tertiary/aromatic N) is 1. The highest BCUT2D eigenvalue weighted by Crippen LogP contribution is 2.24. The molecule has 0 amide bonds. The summed E-state index contributed by atoms with van der Waals surface area (Å²) in [7, 11) is 0. The van der Waals surface area contributed by atoms with Crippen molar-refractivity contribution in [1.82, 2.24) is 4.98 Å². The van der Waals surface area contributed by atoms with E-state index >= 15 is 0 Å². The summed E-state index contributed by atoms with van der Waals surface area (Å²) in [6.07, 6.45) is 2.31. The summed E-state index contributed by atoms with van der Waals surface area (Å²) >= 11 is 0. The van der Waals surface area contributed by atoms with E-state index in [2.05, 4.69) is 4.98 Å². The third-order valence-electron chi connectivity index (χ3n) is 1.68. The van der Waals surface area contributed by atoms with E-state index in [1.807, 2.05) is 6.92 Å². The molecule has 0 fully saturated rings. The highest BCUT2D eigenvalue weighted by Gasteiger charge is 2.25. The van der Waals surface area contributed by atoms with Gasteiger partial charge in [-0.25, -0.2) is 0 Å². The molecule has 1 rings (SSSR count). The fourth-order valence-electron chi connectivity index (χ4n) is 0.893. The molecular formula is C9H11F2N. The Labute approximate surface area is 70.4 Å². The lowest BCUT2D eigenvalue weighted by Gasteiger charge is -2.08. The van der Waals surface area contributed by atoms with Crippen molar-refractivity contribution in [1.29, 1.82) is 0 Å². The van der Waals surface area contributed by atoms with Crippen LogP contribution in [0.4, 0.5) is 8.78 Å². The summed E-state index contributed by atoms with van der Waals surface area (Å²) in [5.74, 6) is -2.83. The van der Waals surface area contributed by atoms with E-state index in [9.17, 15) is 8.78 Å². The van der Waals surface area contributed by atoms with Gasteiger partial charge >= 0.3 is 0 Å². The summed E-state index contributed by atoms with van der Waals surface area (Å²) in [4.78, 5) is 3.67. The van der Waals surface area contributed by atoms with Crippen LogP contribution in [0, 0.1) is 0 Å². The van der Waals surface area contributed by atoms with Gasteiger partial charge in [0.05, 0.1) is 0 Å². The van der Waals surface area contributed by atoms with Gasteiger partial charge in [0.1, 0.15) is 5.69 Å². The summed E-state index contributed by atoms with van der Waals surface area (Å²) < 4.78 is 25.3. The number of rotatable bonds is 2. The second-order valence-corrected chi connectivity index (χ2v) is 2.79. The van der Waals surface area contributed by atoms with E-state index in [0.717, 1.165) is 18.9 Å². The molecular weight excluding hydrogens is 160 g/mol. The highest BCUT2D eigenvalue weighted by molar-refractivity contribution is 5.16. The first-order valence-electron chi connectivity index (χ1n) is 3.87. The maximum Gasteiger partial charge on any atom is 0.286 e. The first-order valence-corrected chi connectivity index (χ1v) is 3.87. The van der Waals surface area contributed by atoms with Crippen molar-refractivity contribution in [3.8, 4) is 0 Å². The second-order valence-electron chi connectivity index (χ2n) is 2.79. The molecule has 0 saturated carbocycles. The molecule has 0 N–H and O–H groups in total. The Morgan fingerprint density at radius 3 is 2.42 bits per heavy atom. The van der Waals surface area contributed by atoms with Crippen LogP contribution in [0.5, 0.6) is 0 Å². The standard InChI is InChI=1S/C9H11F2N/c1-3-7-4-5-8(12-6-7)9(2,10)11/h4-6H,3H2,1-2H3.